The van der Waals surface area contributed by atoms with E-state index in [1.807, 2.05) is 6.92 Å². The molecule has 0 saturated heterocycles. The van der Waals surface area contributed by atoms with E-state index in [4.69, 9.17) is 4.74 Å². The molecule has 0 saturated carbocycles. The number of rotatable bonds is 8. The Morgan fingerprint density at radius 1 is 1.25 bits per heavy atom. The van der Waals surface area contributed by atoms with Crippen LogP contribution in [0.1, 0.15) is 26.2 Å². The molecule has 3 heteroatoms. The molecule has 0 unspecified atom stereocenters. The Morgan fingerprint density at radius 2 is 1.83 bits per heavy atom. The average Bonchev–Trinajstić information content (AvgIpc) is 2.06. The average molecular weight is 172 g/mol. The van der Waals surface area contributed by atoms with E-state index in [2.05, 4.69) is 0 Å². The third kappa shape index (κ3) is 6.04. The van der Waals surface area contributed by atoms with Gasteiger partial charge in [0.15, 0.2) is 0 Å². The van der Waals surface area contributed by atoms with Crippen molar-refractivity contribution in [2.24, 2.45) is 5.92 Å². The zero-order valence-corrected chi connectivity index (χ0v) is 7.49. The fourth-order valence-corrected chi connectivity index (χ4v) is 0.899. The molecule has 0 heterocycles. The van der Waals surface area contributed by atoms with Gasteiger partial charge in [0.2, 0.25) is 0 Å². The van der Waals surface area contributed by atoms with Crippen molar-refractivity contribution >= 4 is 12.6 Å². The molecule has 0 radical (unpaired) electrons. The minimum absolute atomic E-state index is 0.0755. The third-order valence-corrected chi connectivity index (χ3v) is 1.56. The first-order valence-corrected chi connectivity index (χ1v) is 4.30. The van der Waals surface area contributed by atoms with Crippen molar-refractivity contribution in [3.05, 3.63) is 0 Å². The molecular formula is C9H16O3. The molecule has 0 aromatic rings. The summed E-state index contributed by atoms with van der Waals surface area (Å²) in [6, 6.07) is 0. The minimum atomic E-state index is 0.0755. The van der Waals surface area contributed by atoms with E-state index in [1.165, 1.54) is 0 Å². The highest BCUT2D eigenvalue weighted by Gasteiger charge is 2.06. The Bertz CT molecular complexity index is 113. The lowest BCUT2D eigenvalue weighted by molar-refractivity contribution is -0.111. The number of ether oxygens (including phenoxy) is 1. The summed E-state index contributed by atoms with van der Waals surface area (Å²) >= 11 is 0. The molecule has 0 aromatic heterocycles. The normalized spacial score (nSPS) is 10.2. The van der Waals surface area contributed by atoms with Crippen molar-refractivity contribution in [1.82, 2.24) is 0 Å². The summed E-state index contributed by atoms with van der Waals surface area (Å²) in [5, 5.41) is 0. The second-order valence-corrected chi connectivity index (χ2v) is 2.75. The van der Waals surface area contributed by atoms with Crippen LogP contribution in [0.2, 0.25) is 0 Å². The van der Waals surface area contributed by atoms with Gasteiger partial charge in [0.05, 0.1) is 6.61 Å². The van der Waals surface area contributed by atoms with Gasteiger partial charge in [-0.05, 0) is 12.3 Å². The molecule has 0 fully saturated rings. The summed E-state index contributed by atoms with van der Waals surface area (Å²) in [6.45, 7) is 3.24. The van der Waals surface area contributed by atoms with E-state index in [0.29, 0.717) is 26.1 Å². The van der Waals surface area contributed by atoms with Gasteiger partial charge in [-0.2, -0.15) is 0 Å². The Labute approximate surface area is 73.1 Å². The van der Waals surface area contributed by atoms with Crippen LogP contribution in [0, 0.1) is 5.92 Å². The fraction of sp³-hybridized carbons (Fsp3) is 0.778. The third-order valence-electron chi connectivity index (χ3n) is 1.56. The first-order chi connectivity index (χ1) is 5.85. The van der Waals surface area contributed by atoms with Crippen LogP contribution in [0.25, 0.3) is 0 Å². The Hall–Kier alpha value is -0.700. The lowest BCUT2D eigenvalue weighted by Crippen LogP contribution is -2.11. The quantitative estimate of drug-likeness (QED) is 0.408. The van der Waals surface area contributed by atoms with Crippen LogP contribution in [0.5, 0.6) is 0 Å². The van der Waals surface area contributed by atoms with E-state index in [9.17, 15) is 9.59 Å². The van der Waals surface area contributed by atoms with E-state index in [-0.39, 0.29) is 5.92 Å². The highest BCUT2D eigenvalue weighted by atomic mass is 16.5. The van der Waals surface area contributed by atoms with Crippen molar-refractivity contribution in [2.75, 3.05) is 13.2 Å². The summed E-state index contributed by atoms with van der Waals surface area (Å²) in [5.74, 6) is 0.0755. The topological polar surface area (TPSA) is 43.4 Å². The summed E-state index contributed by atoms with van der Waals surface area (Å²) in [5.41, 5.74) is 0. The van der Waals surface area contributed by atoms with Gasteiger partial charge >= 0.3 is 0 Å². The molecule has 3 nitrogen and oxygen atoms in total. The molecule has 70 valence electrons. The molecule has 12 heavy (non-hydrogen) atoms. The van der Waals surface area contributed by atoms with Crippen molar-refractivity contribution in [3.63, 3.8) is 0 Å². The van der Waals surface area contributed by atoms with E-state index >= 15 is 0 Å². The smallest absolute Gasteiger partial charge is 0.120 e. The number of aldehydes is 2. The number of hydrogen-bond acceptors (Lipinski definition) is 3. The summed E-state index contributed by atoms with van der Waals surface area (Å²) < 4.78 is 5.23. The van der Waals surface area contributed by atoms with Crippen LogP contribution in [-0.4, -0.2) is 25.8 Å². The maximum atomic E-state index is 10.2. The lowest BCUT2D eigenvalue weighted by atomic mass is 10.0. The highest BCUT2D eigenvalue weighted by Crippen LogP contribution is 2.05. The minimum Gasteiger partial charge on any atom is -0.381 e. The predicted molar refractivity (Wildman–Crippen MR) is 46.0 cm³/mol. The van der Waals surface area contributed by atoms with Crippen LogP contribution >= 0.6 is 0 Å². The summed E-state index contributed by atoms with van der Waals surface area (Å²) in [4.78, 5) is 20.3. The summed E-state index contributed by atoms with van der Waals surface area (Å²) in [7, 11) is 0. The van der Waals surface area contributed by atoms with Gasteiger partial charge in [0.1, 0.15) is 12.6 Å². The second-order valence-electron chi connectivity index (χ2n) is 2.75. The fourth-order valence-electron chi connectivity index (χ4n) is 0.899. The molecule has 0 bridgehead atoms. The molecule has 0 N–H and O–H groups in total. The largest absolute Gasteiger partial charge is 0.381 e. The predicted octanol–water partition coefficient (Wildman–Crippen LogP) is 1.21. The SMILES string of the molecule is CCCOCC(CC=O)CC=O. The molecule has 0 aliphatic carbocycles. The van der Waals surface area contributed by atoms with Gasteiger partial charge in [-0.15, -0.1) is 0 Å². The molecule has 0 amide bonds. The van der Waals surface area contributed by atoms with Gasteiger partial charge in [0.25, 0.3) is 0 Å². The second kappa shape index (κ2) is 8.40. The van der Waals surface area contributed by atoms with Crippen molar-refractivity contribution in [3.8, 4) is 0 Å². The Morgan fingerprint density at radius 3 is 2.25 bits per heavy atom. The van der Waals surface area contributed by atoms with Gasteiger partial charge in [-0.3, -0.25) is 0 Å². The van der Waals surface area contributed by atoms with Crippen molar-refractivity contribution in [1.29, 1.82) is 0 Å². The van der Waals surface area contributed by atoms with Gasteiger partial charge in [0, 0.05) is 19.4 Å². The zero-order chi connectivity index (χ0) is 9.23. The van der Waals surface area contributed by atoms with Crippen LogP contribution in [0.4, 0.5) is 0 Å². The van der Waals surface area contributed by atoms with Crippen LogP contribution in [0.3, 0.4) is 0 Å². The first-order valence-electron chi connectivity index (χ1n) is 4.30. The summed E-state index contributed by atoms with van der Waals surface area (Å²) in [6.07, 6.45) is 3.48. The Balaban J connectivity index is 3.47. The van der Waals surface area contributed by atoms with E-state index in [1.54, 1.807) is 0 Å². The molecule has 0 spiro atoms. The number of carbonyl (C=O) groups excluding carboxylic acids is 2. The Kier molecular flexibility index (Phi) is 7.91. The van der Waals surface area contributed by atoms with Gasteiger partial charge < -0.3 is 14.3 Å². The van der Waals surface area contributed by atoms with Crippen molar-refractivity contribution < 1.29 is 14.3 Å². The first kappa shape index (κ1) is 11.3. The maximum absolute atomic E-state index is 10.2. The molecule has 0 rings (SSSR count). The lowest BCUT2D eigenvalue weighted by Gasteiger charge is -2.10. The molecule has 0 aliphatic heterocycles. The standard InChI is InChI=1S/C9H16O3/c1-2-7-12-8-9(3-5-10)4-6-11/h5-6,9H,2-4,7-8H2,1H3. The zero-order valence-electron chi connectivity index (χ0n) is 7.49. The molecule has 0 aromatic carbocycles. The van der Waals surface area contributed by atoms with E-state index in [0.717, 1.165) is 19.0 Å². The molecular weight excluding hydrogens is 156 g/mol. The maximum Gasteiger partial charge on any atom is 0.120 e. The molecule has 0 atom stereocenters. The van der Waals surface area contributed by atoms with Gasteiger partial charge in [-0.25, -0.2) is 0 Å². The molecule has 0 aliphatic rings. The number of hydrogen-bond donors (Lipinski definition) is 0. The number of carbonyl (C=O) groups is 2. The highest BCUT2D eigenvalue weighted by molar-refractivity contribution is 5.54. The van der Waals surface area contributed by atoms with Crippen LogP contribution < -0.4 is 0 Å². The van der Waals surface area contributed by atoms with Gasteiger partial charge in [-0.1, -0.05) is 6.92 Å². The monoisotopic (exact) mass is 172 g/mol. The van der Waals surface area contributed by atoms with Crippen LogP contribution in [0.15, 0.2) is 0 Å². The van der Waals surface area contributed by atoms with Crippen molar-refractivity contribution in [2.45, 2.75) is 26.2 Å². The van der Waals surface area contributed by atoms with E-state index < -0.39 is 0 Å². The van der Waals surface area contributed by atoms with Crippen LogP contribution in [-0.2, 0) is 14.3 Å².